The number of benzene rings is 1. The zero-order chi connectivity index (χ0) is 13.7. The first kappa shape index (κ1) is 13.8. The third-order valence-corrected chi connectivity index (χ3v) is 1.92. The molecule has 0 unspecified atom stereocenters. The summed E-state index contributed by atoms with van der Waals surface area (Å²) in [5, 5.41) is 4.13. The van der Waals surface area contributed by atoms with E-state index in [1.165, 1.54) is 0 Å². The molecule has 4 nitrogen and oxygen atoms in total. The first-order chi connectivity index (χ1) is 8.45. The second-order valence-electron chi connectivity index (χ2n) is 3.19. The maximum absolute atomic E-state index is 13.2. The molecule has 1 aromatic carbocycles. The summed E-state index contributed by atoms with van der Waals surface area (Å²) in [6, 6.07) is 1.55. The lowest BCUT2D eigenvalue weighted by Crippen LogP contribution is -2.31. The summed E-state index contributed by atoms with van der Waals surface area (Å²) in [4.78, 5) is 22.0. The molecule has 0 fully saturated rings. The van der Waals surface area contributed by atoms with Crippen LogP contribution < -0.4 is 10.6 Å². The van der Waals surface area contributed by atoms with E-state index in [0.29, 0.717) is 6.07 Å². The summed E-state index contributed by atoms with van der Waals surface area (Å²) in [7, 11) is 0. The van der Waals surface area contributed by atoms with Crippen molar-refractivity contribution in [2.75, 3.05) is 11.9 Å². The van der Waals surface area contributed by atoms with E-state index in [2.05, 4.69) is 11.9 Å². The van der Waals surface area contributed by atoms with E-state index in [1.54, 1.807) is 0 Å². The van der Waals surface area contributed by atoms with E-state index in [1.807, 2.05) is 5.32 Å². The molecule has 0 saturated heterocycles. The number of carbonyl (C=O) groups is 2. The molecule has 2 N–H and O–H groups in total. The van der Waals surface area contributed by atoms with Crippen LogP contribution >= 0.6 is 0 Å². The predicted octanol–water partition coefficient (Wildman–Crippen LogP) is 1.34. The van der Waals surface area contributed by atoms with E-state index >= 15 is 0 Å². The fourth-order valence-corrected chi connectivity index (χ4v) is 1.06. The van der Waals surface area contributed by atoms with Gasteiger partial charge in [-0.3, -0.25) is 9.59 Å². The number of nitrogens with one attached hydrogen (secondary N) is 2. The van der Waals surface area contributed by atoms with Crippen molar-refractivity contribution < 1.29 is 22.8 Å². The topological polar surface area (TPSA) is 58.2 Å². The minimum absolute atomic E-state index is 0.441. The van der Waals surface area contributed by atoms with E-state index in [0.717, 1.165) is 12.1 Å². The zero-order valence-corrected chi connectivity index (χ0v) is 9.10. The zero-order valence-electron chi connectivity index (χ0n) is 9.10. The summed E-state index contributed by atoms with van der Waals surface area (Å²) >= 11 is 0. The molecule has 96 valence electrons. The molecule has 2 amide bonds. The Balaban J connectivity index is 2.68. The molecule has 0 aromatic heterocycles. The molecule has 0 spiro atoms. The van der Waals surface area contributed by atoms with Crippen molar-refractivity contribution in [2.24, 2.45) is 0 Å². The summed E-state index contributed by atoms with van der Waals surface area (Å²) in [6.45, 7) is 2.72. The number of amides is 2. The third-order valence-electron chi connectivity index (χ3n) is 1.92. The molecule has 0 aliphatic rings. The minimum atomic E-state index is -1.68. The smallest absolute Gasteiger partial charge is 0.243 e. The van der Waals surface area contributed by atoms with Gasteiger partial charge in [-0.1, -0.05) is 6.58 Å². The van der Waals surface area contributed by atoms with Gasteiger partial charge in [0.25, 0.3) is 0 Å². The van der Waals surface area contributed by atoms with E-state index in [4.69, 9.17) is 0 Å². The number of hydrogen-bond donors (Lipinski definition) is 2. The van der Waals surface area contributed by atoms with Crippen LogP contribution in [0.4, 0.5) is 18.9 Å². The van der Waals surface area contributed by atoms with Gasteiger partial charge in [-0.25, -0.2) is 13.2 Å². The summed E-state index contributed by atoms with van der Waals surface area (Å²) in [6.07, 6.45) is 0.950. The standard InChI is InChI=1S/C11H9F3N2O2/c1-2-8(17)15-5-9(18)16-7-4-3-6(12)10(13)11(7)14/h2-4H,1,5H2,(H,15,17)(H,16,18). The molecule has 1 aromatic rings. The van der Waals surface area contributed by atoms with Gasteiger partial charge in [0.15, 0.2) is 17.5 Å². The molecule has 0 atom stereocenters. The summed E-state index contributed by atoms with van der Waals surface area (Å²) < 4.78 is 38.6. The lowest BCUT2D eigenvalue weighted by atomic mass is 10.2. The quantitative estimate of drug-likeness (QED) is 0.632. The van der Waals surface area contributed by atoms with Crippen LogP contribution in [0.2, 0.25) is 0 Å². The highest BCUT2D eigenvalue weighted by molar-refractivity contribution is 5.96. The third kappa shape index (κ3) is 3.34. The molecule has 1 rings (SSSR count). The molecule has 0 aliphatic carbocycles. The van der Waals surface area contributed by atoms with E-state index in [-0.39, 0.29) is 0 Å². The van der Waals surface area contributed by atoms with Crippen molar-refractivity contribution in [1.82, 2.24) is 5.32 Å². The van der Waals surface area contributed by atoms with Gasteiger partial charge in [-0.05, 0) is 18.2 Å². The molecule has 18 heavy (non-hydrogen) atoms. The molecule has 0 saturated carbocycles. The molecule has 0 heterocycles. The molecule has 0 radical (unpaired) electrons. The molecule has 0 bridgehead atoms. The van der Waals surface area contributed by atoms with Gasteiger partial charge in [-0.2, -0.15) is 0 Å². The fourth-order valence-electron chi connectivity index (χ4n) is 1.06. The van der Waals surface area contributed by atoms with Gasteiger partial charge >= 0.3 is 0 Å². The summed E-state index contributed by atoms with van der Waals surface area (Å²) in [5.74, 6) is -5.90. The lowest BCUT2D eigenvalue weighted by Gasteiger charge is -2.07. The Hall–Kier alpha value is -2.31. The second kappa shape index (κ2) is 5.85. The monoisotopic (exact) mass is 258 g/mol. The van der Waals surface area contributed by atoms with Crippen LogP contribution in [-0.4, -0.2) is 18.4 Å². The van der Waals surface area contributed by atoms with Crippen LogP contribution in [0.1, 0.15) is 0 Å². The number of rotatable bonds is 4. The van der Waals surface area contributed by atoms with Gasteiger partial charge in [0.05, 0.1) is 12.2 Å². The molecule has 7 heteroatoms. The Morgan fingerprint density at radius 1 is 1.22 bits per heavy atom. The van der Waals surface area contributed by atoms with Crippen LogP contribution in [0.3, 0.4) is 0 Å². The molecular weight excluding hydrogens is 249 g/mol. The van der Waals surface area contributed by atoms with Crippen molar-refractivity contribution in [2.45, 2.75) is 0 Å². The minimum Gasteiger partial charge on any atom is -0.343 e. The highest BCUT2D eigenvalue weighted by Crippen LogP contribution is 2.19. The number of carbonyl (C=O) groups excluding carboxylic acids is 2. The normalized spacial score (nSPS) is 9.72. The molecular formula is C11H9F3N2O2. The first-order valence-electron chi connectivity index (χ1n) is 4.79. The lowest BCUT2D eigenvalue weighted by molar-refractivity contribution is -0.121. The number of halogens is 3. The van der Waals surface area contributed by atoms with E-state index < -0.39 is 41.5 Å². The Morgan fingerprint density at radius 3 is 2.50 bits per heavy atom. The van der Waals surface area contributed by atoms with Crippen LogP contribution in [-0.2, 0) is 9.59 Å². The van der Waals surface area contributed by atoms with Gasteiger partial charge in [0.2, 0.25) is 11.8 Å². The maximum Gasteiger partial charge on any atom is 0.243 e. The average molecular weight is 258 g/mol. The van der Waals surface area contributed by atoms with Crippen molar-refractivity contribution >= 4 is 17.5 Å². The Labute approximate surface area is 100 Å². The van der Waals surface area contributed by atoms with E-state index in [9.17, 15) is 22.8 Å². The van der Waals surface area contributed by atoms with Crippen molar-refractivity contribution in [1.29, 1.82) is 0 Å². The Morgan fingerprint density at radius 2 is 1.89 bits per heavy atom. The highest BCUT2D eigenvalue weighted by atomic mass is 19.2. The van der Waals surface area contributed by atoms with Gasteiger partial charge in [0.1, 0.15) is 0 Å². The SMILES string of the molecule is C=CC(=O)NCC(=O)Nc1ccc(F)c(F)c1F. The van der Waals surface area contributed by atoms with Crippen LogP contribution in [0.15, 0.2) is 24.8 Å². The van der Waals surface area contributed by atoms with Crippen LogP contribution in [0.5, 0.6) is 0 Å². The largest absolute Gasteiger partial charge is 0.343 e. The van der Waals surface area contributed by atoms with Gasteiger partial charge < -0.3 is 10.6 Å². The Bertz CT molecular complexity index is 503. The van der Waals surface area contributed by atoms with Crippen molar-refractivity contribution in [3.63, 3.8) is 0 Å². The number of hydrogen-bond acceptors (Lipinski definition) is 2. The van der Waals surface area contributed by atoms with Crippen molar-refractivity contribution in [3.8, 4) is 0 Å². The fraction of sp³-hybridized carbons (Fsp3) is 0.0909. The first-order valence-corrected chi connectivity index (χ1v) is 4.79. The molecule has 0 aliphatic heterocycles. The average Bonchev–Trinajstić information content (AvgIpc) is 2.36. The summed E-state index contributed by atoms with van der Waals surface area (Å²) in [5.41, 5.74) is -0.508. The van der Waals surface area contributed by atoms with Gasteiger partial charge in [-0.15, -0.1) is 0 Å². The predicted molar refractivity (Wildman–Crippen MR) is 58.2 cm³/mol. The van der Waals surface area contributed by atoms with Crippen LogP contribution in [0.25, 0.3) is 0 Å². The maximum atomic E-state index is 13.2. The van der Waals surface area contributed by atoms with Crippen LogP contribution in [0, 0.1) is 17.5 Å². The number of anilines is 1. The second-order valence-corrected chi connectivity index (χ2v) is 3.19. The van der Waals surface area contributed by atoms with Crippen molar-refractivity contribution in [3.05, 3.63) is 42.2 Å². The Kier molecular flexibility index (Phi) is 4.47. The van der Waals surface area contributed by atoms with Gasteiger partial charge in [0, 0.05) is 0 Å². The highest BCUT2D eigenvalue weighted by Gasteiger charge is 2.15.